The number of likely N-dealkylation sites (tertiary alicyclic amines) is 1. The molecule has 1 N–H and O–H groups in total. The van der Waals surface area contributed by atoms with Crippen molar-refractivity contribution in [3.05, 3.63) is 57.5 Å². The van der Waals surface area contributed by atoms with Gasteiger partial charge in [0.15, 0.2) is 0 Å². The molecule has 0 radical (unpaired) electrons. The van der Waals surface area contributed by atoms with Gasteiger partial charge in [0.05, 0.1) is 12.2 Å². The second kappa shape index (κ2) is 7.71. The van der Waals surface area contributed by atoms with Crippen LogP contribution in [0, 0.1) is 5.92 Å². The van der Waals surface area contributed by atoms with Crippen molar-refractivity contribution in [1.82, 2.24) is 24.8 Å². The SMILES string of the molecule is O=C(C1CCC1)N1CCc2c(nc([C@H]3CCN(Cc4cccnc4)C3)[nH]c2=O)C1. The Morgan fingerprint density at radius 3 is 2.90 bits per heavy atom. The van der Waals surface area contributed by atoms with Gasteiger partial charge in [-0.2, -0.15) is 0 Å². The summed E-state index contributed by atoms with van der Waals surface area (Å²) in [5, 5.41) is 0. The minimum atomic E-state index is -0.0218. The average molecular weight is 393 g/mol. The van der Waals surface area contributed by atoms with E-state index < -0.39 is 0 Å². The van der Waals surface area contributed by atoms with E-state index in [1.807, 2.05) is 17.2 Å². The van der Waals surface area contributed by atoms with Crippen LogP contribution >= 0.6 is 0 Å². The van der Waals surface area contributed by atoms with E-state index in [1.165, 1.54) is 5.56 Å². The van der Waals surface area contributed by atoms with Crippen molar-refractivity contribution >= 4 is 5.91 Å². The first-order chi connectivity index (χ1) is 14.2. The first-order valence-electron chi connectivity index (χ1n) is 10.7. The molecule has 1 saturated carbocycles. The number of carbonyl (C=O) groups is 1. The molecule has 2 aromatic heterocycles. The Hall–Kier alpha value is -2.54. The van der Waals surface area contributed by atoms with Crippen LogP contribution < -0.4 is 5.56 Å². The standard InChI is InChI=1S/C22H27N5O2/c28-21-18-7-10-27(22(29)16-4-1-5-16)14-19(18)24-20(25-21)17-6-9-26(13-17)12-15-3-2-8-23-11-15/h2-3,8,11,16-17H,1,4-7,9-10,12-14H2,(H,24,25,28)/t17-/m0/s1. The second-order valence-electron chi connectivity index (χ2n) is 8.60. The number of hydrogen-bond acceptors (Lipinski definition) is 5. The van der Waals surface area contributed by atoms with E-state index in [0.717, 1.165) is 62.4 Å². The van der Waals surface area contributed by atoms with Crippen molar-refractivity contribution < 1.29 is 4.79 Å². The molecule has 0 spiro atoms. The number of pyridine rings is 1. The summed E-state index contributed by atoms with van der Waals surface area (Å²) in [7, 11) is 0. The Morgan fingerprint density at radius 1 is 1.24 bits per heavy atom. The summed E-state index contributed by atoms with van der Waals surface area (Å²) in [4.78, 5) is 41.7. The van der Waals surface area contributed by atoms with Gasteiger partial charge in [0, 0.05) is 49.4 Å². The van der Waals surface area contributed by atoms with Gasteiger partial charge >= 0.3 is 0 Å². The predicted molar refractivity (Wildman–Crippen MR) is 108 cm³/mol. The number of aromatic amines is 1. The molecule has 2 aromatic rings. The summed E-state index contributed by atoms with van der Waals surface area (Å²) in [6.07, 6.45) is 8.44. The van der Waals surface area contributed by atoms with Crippen LogP contribution in [-0.4, -0.2) is 50.3 Å². The van der Waals surface area contributed by atoms with Crippen LogP contribution in [0.25, 0.3) is 0 Å². The molecule has 7 nitrogen and oxygen atoms in total. The van der Waals surface area contributed by atoms with Crippen LogP contribution in [0.1, 0.15) is 54.2 Å². The number of carbonyl (C=O) groups excluding carboxylic acids is 1. The van der Waals surface area contributed by atoms with Crippen molar-refractivity contribution in [3.8, 4) is 0 Å². The largest absolute Gasteiger partial charge is 0.336 e. The lowest BCUT2D eigenvalue weighted by Gasteiger charge is -2.34. The number of aromatic nitrogens is 3. The Kier molecular flexibility index (Phi) is 4.91. The van der Waals surface area contributed by atoms with Gasteiger partial charge in [0.25, 0.3) is 5.56 Å². The molecule has 3 aliphatic rings. The molecule has 1 saturated heterocycles. The zero-order valence-electron chi connectivity index (χ0n) is 16.6. The second-order valence-corrected chi connectivity index (χ2v) is 8.60. The first kappa shape index (κ1) is 18.5. The van der Waals surface area contributed by atoms with E-state index >= 15 is 0 Å². The van der Waals surface area contributed by atoms with E-state index in [-0.39, 0.29) is 23.3 Å². The van der Waals surface area contributed by atoms with Gasteiger partial charge in [-0.1, -0.05) is 12.5 Å². The molecule has 1 atom stereocenters. The zero-order valence-corrected chi connectivity index (χ0v) is 16.6. The fraction of sp³-hybridized carbons (Fsp3) is 0.545. The maximum atomic E-state index is 12.7. The van der Waals surface area contributed by atoms with E-state index in [4.69, 9.17) is 4.98 Å². The van der Waals surface area contributed by atoms with Gasteiger partial charge in [-0.05, 0) is 43.9 Å². The Morgan fingerprint density at radius 2 is 2.14 bits per heavy atom. The van der Waals surface area contributed by atoms with Crippen molar-refractivity contribution in [1.29, 1.82) is 0 Å². The third-order valence-electron chi connectivity index (χ3n) is 6.65. The Bertz CT molecular complexity index is 953. The topological polar surface area (TPSA) is 82.2 Å². The molecule has 2 aliphatic heterocycles. The summed E-state index contributed by atoms with van der Waals surface area (Å²) in [5.41, 5.74) is 2.74. The van der Waals surface area contributed by atoms with E-state index in [9.17, 15) is 9.59 Å². The number of amides is 1. The third kappa shape index (κ3) is 3.71. The Balaban J connectivity index is 1.30. The fourth-order valence-electron chi connectivity index (χ4n) is 4.70. The smallest absolute Gasteiger partial charge is 0.254 e. The predicted octanol–water partition coefficient (Wildman–Crippen LogP) is 1.84. The highest BCUT2D eigenvalue weighted by molar-refractivity contribution is 5.79. The molecule has 4 heterocycles. The van der Waals surface area contributed by atoms with Crippen LogP contribution in [0.5, 0.6) is 0 Å². The highest BCUT2D eigenvalue weighted by Gasteiger charge is 2.33. The van der Waals surface area contributed by atoms with Crippen molar-refractivity contribution in [2.45, 2.75) is 51.1 Å². The summed E-state index contributed by atoms with van der Waals surface area (Å²) >= 11 is 0. The van der Waals surface area contributed by atoms with Crippen molar-refractivity contribution in [3.63, 3.8) is 0 Å². The first-order valence-corrected chi connectivity index (χ1v) is 10.7. The number of nitrogens with one attached hydrogen (secondary N) is 1. The van der Waals surface area contributed by atoms with Crippen LogP contribution in [0.15, 0.2) is 29.3 Å². The molecule has 0 aromatic carbocycles. The van der Waals surface area contributed by atoms with Crippen molar-refractivity contribution in [2.75, 3.05) is 19.6 Å². The number of rotatable bonds is 4. The normalized spacial score (nSPS) is 22.3. The van der Waals surface area contributed by atoms with E-state index in [1.54, 1.807) is 6.20 Å². The highest BCUT2D eigenvalue weighted by Crippen LogP contribution is 2.30. The van der Waals surface area contributed by atoms with Gasteiger partial charge in [0.2, 0.25) is 5.91 Å². The van der Waals surface area contributed by atoms with Gasteiger partial charge in [0.1, 0.15) is 5.82 Å². The molecule has 0 unspecified atom stereocenters. The number of H-pyrrole nitrogens is 1. The summed E-state index contributed by atoms with van der Waals surface area (Å²) in [5.74, 6) is 1.44. The van der Waals surface area contributed by atoms with Crippen LogP contribution in [0.2, 0.25) is 0 Å². The number of hydrogen-bond donors (Lipinski definition) is 1. The molecular weight excluding hydrogens is 366 g/mol. The summed E-state index contributed by atoms with van der Waals surface area (Å²) in [6, 6.07) is 4.05. The summed E-state index contributed by atoms with van der Waals surface area (Å²) < 4.78 is 0. The van der Waals surface area contributed by atoms with Gasteiger partial charge < -0.3 is 9.88 Å². The molecule has 1 aliphatic carbocycles. The van der Waals surface area contributed by atoms with E-state index in [0.29, 0.717) is 19.5 Å². The highest BCUT2D eigenvalue weighted by atomic mass is 16.2. The monoisotopic (exact) mass is 393 g/mol. The van der Waals surface area contributed by atoms with Gasteiger partial charge in [-0.3, -0.25) is 19.5 Å². The van der Waals surface area contributed by atoms with Crippen LogP contribution in [0.4, 0.5) is 0 Å². The number of nitrogens with zero attached hydrogens (tertiary/aromatic N) is 4. The number of fused-ring (bicyclic) bond motifs is 1. The quantitative estimate of drug-likeness (QED) is 0.857. The average Bonchev–Trinajstić information content (AvgIpc) is 3.15. The molecule has 5 rings (SSSR count). The maximum Gasteiger partial charge on any atom is 0.254 e. The minimum Gasteiger partial charge on any atom is -0.336 e. The molecular formula is C22H27N5O2. The third-order valence-corrected chi connectivity index (χ3v) is 6.65. The molecule has 0 bridgehead atoms. The molecule has 2 fully saturated rings. The van der Waals surface area contributed by atoms with Gasteiger partial charge in [-0.25, -0.2) is 4.98 Å². The lowest BCUT2D eigenvalue weighted by molar-refractivity contribution is -0.139. The molecule has 152 valence electrons. The maximum absolute atomic E-state index is 12.7. The summed E-state index contributed by atoms with van der Waals surface area (Å²) in [6.45, 7) is 3.83. The van der Waals surface area contributed by atoms with Crippen molar-refractivity contribution in [2.24, 2.45) is 5.92 Å². The lowest BCUT2D eigenvalue weighted by atomic mass is 9.84. The van der Waals surface area contributed by atoms with E-state index in [2.05, 4.69) is 20.9 Å². The minimum absolute atomic E-state index is 0.0218. The van der Waals surface area contributed by atoms with Crippen LogP contribution in [0.3, 0.4) is 0 Å². The van der Waals surface area contributed by atoms with Gasteiger partial charge in [-0.15, -0.1) is 0 Å². The lowest BCUT2D eigenvalue weighted by Crippen LogP contribution is -2.43. The Labute approximate surface area is 170 Å². The molecule has 7 heteroatoms. The zero-order chi connectivity index (χ0) is 19.8. The fourth-order valence-corrected chi connectivity index (χ4v) is 4.70. The van der Waals surface area contributed by atoms with Crippen LogP contribution in [-0.2, 0) is 24.3 Å². The molecule has 1 amide bonds. The molecule has 29 heavy (non-hydrogen) atoms.